The standard InChI is InChI=1S/C33H32N2O5/c36-25-13-10-22-16-26-33(39)17-24(31(38)34-23-11-8-21(9-12-23)20-4-2-1-3-5-20)28(37)30-32(33,27(22)29(25)40-30)14-15-35(26)18-19-6-7-19/h1-5,8-13,19,24,26,30,36,39H,6-7,14-18H2,(H,34,38)/t24?,26-,30+,32+,33-/m1/s1. The van der Waals surface area contributed by atoms with Gasteiger partial charge in [-0.1, -0.05) is 48.5 Å². The van der Waals surface area contributed by atoms with Crippen LogP contribution in [0.3, 0.4) is 0 Å². The number of rotatable bonds is 5. The van der Waals surface area contributed by atoms with Crippen molar-refractivity contribution in [3.63, 3.8) is 0 Å². The summed E-state index contributed by atoms with van der Waals surface area (Å²) in [6.45, 7) is 1.68. The maximum Gasteiger partial charge on any atom is 0.235 e. The molecule has 2 heterocycles. The van der Waals surface area contributed by atoms with Gasteiger partial charge in [0.2, 0.25) is 5.91 Å². The molecule has 3 aliphatic carbocycles. The quantitative estimate of drug-likeness (QED) is 0.426. The lowest BCUT2D eigenvalue weighted by Crippen LogP contribution is -2.78. The van der Waals surface area contributed by atoms with Gasteiger partial charge in [0, 0.05) is 23.8 Å². The van der Waals surface area contributed by atoms with Crippen molar-refractivity contribution >= 4 is 17.4 Å². The lowest BCUT2D eigenvalue weighted by atomic mass is 9.47. The van der Waals surface area contributed by atoms with Crippen molar-refractivity contribution in [2.45, 2.75) is 55.3 Å². The molecule has 1 spiro atoms. The van der Waals surface area contributed by atoms with Crippen LogP contribution in [0.2, 0.25) is 0 Å². The molecule has 3 N–H and O–H groups in total. The number of benzene rings is 3. The number of anilines is 1. The zero-order valence-corrected chi connectivity index (χ0v) is 22.2. The predicted octanol–water partition coefficient (Wildman–Crippen LogP) is 4.06. The fraction of sp³-hybridized carbons (Fsp3) is 0.394. The number of carbonyl (C=O) groups is 2. The topological polar surface area (TPSA) is 99.1 Å². The van der Waals surface area contributed by atoms with Gasteiger partial charge in [0.25, 0.3) is 0 Å². The van der Waals surface area contributed by atoms with E-state index in [-0.39, 0.29) is 24.0 Å². The van der Waals surface area contributed by atoms with Gasteiger partial charge in [-0.3, -0.25) is 14.5 Å². The van der Waals surface area contributed by atoms with Crippen molar-refractivity contribution in [1.29, 1.82) is 0 Å². The Kier molecular flexibility index (Phi) is 5.08. The number of ketones is 1. The normalized spacial score (nSPS) is 31.8. The summed E-state index contributed by atoms with van der Waals surface area (Å²) in [4.78, 5) is 30.1. The molecule has 0 aromatic heterocycles. The number of nitrogens with one attached hydrogen (secondary N) is 1. The minimum absolute atomic E-state index is 0.0176. The van der Waals surface area contributed by atoms with Gasteiger partial charge in [0.1, 0.15) is 5.92 Å². The number of carbonyl (C=O) groups excluding carboxylic acids is 2. The Morgan fingerprint density at radius 1 is 1.02 bits per heavy atom. The fourth-order valence-electron chi connectivity index (χ4n) is 8.13. The summed E-state index contributed by atoms with van der Waals surface area (Å²) >= 11 is 0. The molecule has 2 bridgehead atoms. The largest absolute Gasteiger partial charge is 0.504 e. The highest BCUT2D eigenvalue weighted by atomic mass is 16.5. The second kappa shape index (κ2) is 8.41. The molecule has 3 aromatic carbocycles. The molecule has 2 aliphatic heterocycles. The van der Waals surface area contributed by atoms with Crippen LogP contribution in [0.15, 0.2) is 66.7 Å². The first-order valence-electron chi connectivity index (χ1n) is 14.4. The van der Waals surface area contributed by atoms with E-state index in [0.29, 0.717) is 30.2 Å². The Hall–Kier alpha value is -3.68. The molecule has 8 rings (SSSR count). The van der Waals surface area contributed by atoms with Crippen LogP contribution in [0.5, 0.6) is 11.5 Å². The molecule has 5 aliphatic rings. The van der Waals surface area contributed by atoms with Gasteiger partial charge >= 0.3 is 0 Å². The van der Waals surface area contributed by atoms with Crippen LogP contribution in [0.4, 0.5) is 5.69 Å². The average Bonchev–Trinajstić information content (AvgIpc) is 3.71. The molecule has 3 fully saturated rings. The number of amides is 1. The van der Waals surface area contributed by atoms with E-state index in [0.717, 1.165) is 35.3 Å². The second-order valence-electron chi connectivity index (χ2n) is 12.3. The molecule has 1 amide bonds. The van der Waals surface area contributed by atoms with Crippen molar-refractivity contribution in [3.8, 4) is 22.6 Å². The highest BCUT2D eigenvalue weighted by Crippen LogP contribution is 2.65. The second-order valence-corrected chi connectivity index (χ2v) is 12.3. The number of aromatic hydroxyl groups is 1. The maximum atomic E-state index is 14.1. The first-order chi connectivity index (χ1) is 19.4. The number of phenolic OH excluding ortho intramolecular Hbond substituents is 1. The number of phenols is 1. The summed E-state index contributed by atoms with van der Waals surface area (Å²) in [5.74, 6) is -0.869. The van der Waals surface area contributed by atoms with Crippen molar-refractivity contribution in [3.05, 3.63) is 77.9 Å². The summed E-state index contributed by atoms with van der Waals surface area (Å²) in [6, 6.07) is 20.9. The van der Waals surface area contributed by atoms with Gasteiger partial charge in [-0.25, -0.2) is 0 Å². The number of hydrogen-bond acceptors (Lipinski definition) is 6. The van der Waals surface area contributed by atoms with Crippen LogP contribution in [-0.4, -0.2) is 57.6 Å². The average molecular weight is 537 g/mol. The molecule has 40 heavy (non-hydrogen) atoms. The lowest BCUT2D eigenvalue weighted by molar-refractivity contribution is -0.197. The summed E-state index contributed by atoms with van der Waals surface area (Å²) in [5.41, 5.74) is 2.23. The molecule has 3 aromatic rings. The molecule has 1 unspecified atom stereocenters. The maximum absolute atomic E-state index is 14.1. The van der Waals surface area contributed by atoms with Crippen molar-refractivity contribution in [2.75, 3.05) is 18.4 Å². The van der Waals surface area contributed by atoms with E-state index in [4.69, 9.17) is 4.74 Å². The van der Waals surface area contributed by atoms with E-state index in [2.05, 4.69) is 10.2 Å². The van der Waals surface area contributed by atoms with E-state index in [9.17, 15) is 19.8 Å². The Morgan fingerprint density at radius 3 is 2.52 bits per heavy atom. The number of hydrogen-bond donors (Lipinski definition) is 3. The molecule has 1 saturated heterocycles. The predicted molar refractivity (Wildman–Crippen MR) is 149 cm³/mol. The van der Waals surface area contributed by atoms with Gasteiger partial charge in [-0.2, -0.15) is 0 Å². The Balaban J connectivity index is 1.14. The minimum atomic E-state index is -1.33. The zero-order valence-electron chi connectivity index (χ0n) is 22.2. The van der Waals surface area contributed by atoms with E-state index >= 15 is 0 Å². The van der Waals surface area contributed by atoms with Gasteiger partial charge in [-0.05, 0) is 79.5 Å². The molecule has 7 heteroatoms. The summed E-state index contributed by atoms with van der Waals surface area (Å²) in [7, 11) is 0. The van der Waals surface area contributed by atoms with Crippen LogP contribution in [-0.2, 0) is 21.4 Å². The van der Waals surface area contributed by atoms with Gasteiger partial charge in [0.15, 0.2) is 23.4 Å². The van der Waals surface area contributed by atoms with Gasteiger partial charge < -0.3 is 20.3 Å². The van der Waals surface area contributed by atoms with Crippen LogP contribution in [0.1, 0.15) is 36.8 Å². The van der Waals surface area contributed by atoms with Crippen molar-refractivity contribution in [1.82, 2.24) is 4.90 Å². The monoisotopic (exact) mass is 536 g/mol. The molecule has 7 nitrogen and oxygen atoms in total. The van der Waals surface area contributed by atoms with Gasteiger partial charge in [-0.15, -0.1) is 0 Å². The number of Topliss-reactive ketones (excluding diaryl/α,β-unsaturated/α-hetero) is 1. The van der Waals surface area contributed by atoms with E-state index in [1.54, 1.807) is 6.07 Å². The summed E-state index contributed by atoms with van der Waals surface area (Å²) in [5, 5.41) is 26.4. The molecule has 204 valence electrons. The zero-order chi connectivity index (χ0) is 27.2. The van der Waals surface area contributed by atoms with E-state index in [1.165, 1.54) is 12.8 Å². The molecule has 0 radical (unpaired) electrons. The fourth-order valence-corrected chi connectivity index (χ4v) is 8.13. The summed E-state index contributed by atoms with van der Waals surface area (Å²) < 4.78 is 6.25. The molecular weight excluding hydrogens is 504 g/mol. The first kappa shape index (κ1) is 24.1. The third-order valence-corrected chi connectivity index (χ3v) is 10.2. The van der Waals surface area contributed by atoms with Crippen LogP contribution in [0, 0.1) is 11.8 Å². The SMILES string of the molecule is O=C(Nc1ccc(-c2ccccc2)cc1)C1C[C@@]2(O)[C@H]3Cc4ccc(O)c5c4[C@@]2(CCN3CC2CC2)[C@@H](O5)C1=O. The summed E-state index contributed by atoms with van der Waals surface area (Å²) in [6.07, 6.45) is 2.62. The smallest absolute Gasteiger partial charge is 0.235 e. The Labute approximate surface area is 232 Å². The van der Waals surface area contributed by atoms with Gasteiger partial charge in [0.05, 0.1) is 11.0 Å². The highest BCUT2D eigenvalue weighted by molar-refractivity contribution is 6.10. The Morgan fingerprint density at radius 2 is 1.77 bits per heavy atom. The minimum Gasteiger partial charge on any atom is -0.504 e. The van der Waals surface area contributed by atoms with E-state index < -0.39 is 28.9 Å². The van der Waals surface area contributed by atoms with Crippen LogP contribution in [0.25, 0.3) is 11.1 Å². The lowest BCUT2D eigenvalue weighted by Gasteiger charge is -2.63. The van der Waals surface area contributed by atoms with Crippen LogP contribution >= 0.6 is 0 Å². The molecule has 5 atom stereocenters. The number of aliphatic hydroxyl groups is 1. The van der Waals surface area contributed by atoms with Crippen molar-refractivity contribution < 1.29 is 24.5 Å². The Bertz CT molecular complexity index is 1530. The highest BCUT2D eigenvalue weighted by Gasteiger charge is 2.75. The molecule has 2 saturated carbocycles. The number of nitrogens with zero attached hydrogens (tertiary/aromatic N) is 1. The number of ether oxygens (including phenoxy) is 1. The third kappa shape index (κ3) is 3.25. The number of likely N-dealkylation sites (tertiary alicyclic amines) is 1. The third-order valence-electron chi connectivity index (χ3n) is 10.2. The van der Waals surface area contributed by atoms with Crippen molar-refractivity contribution in [2.24, 2.45) is 11.8 Å². The molecular formula is C33H32N2O5. The first-order valence-corrected chi connectivity index (χ1v) is 14.4. The number of piperidine rings is 1. The van der Waals surface area contributed by atoms with Crippen LogP contribution < -0.4 is 10.1 Å². The van der Waals surface area contributed by atoms with E-state index in [1.807, 2.05) is 60.7 Å².